The number of carbonyl (C=O) groups is 3. The number of halogens is 1. The van der Waals surface area contributed by atoms with Crippen LogP contribution in [0, 0.1) is 19.7 Å². The Balaban J connectivity index is 1.87. The lowest BCUT2D eigenvalue weighted by Crippen LogP contribution is -2.29. The molecule has 2 aromatic carbocycles. The van der Waals surface area contributed by atoms with E-state index in [9.17, 15) is 23.9 Å². The molecule has 3 aromatic rings. The molecule has 0 unspecified atom stereocenters. The first kappa shape index (κ1) is 26.7. The number of hydrogen-bond donors (Lipinski definition) is 1. The summed E-state index contributed by atoms with van der Waals surface area (Å²) in [4.78, 5) is 44.8. The number of aromatic nitrogens is 1. The molecule has 196 valence electrons. The maximum atomic E-state index is 13.8. The number of Topliss-reactive ketones (excluding diaryl/α,β-unsaturated/α-hetero) is 1. The topological polar surface area (TPSA) is 106 Å². The zero-order chi connectivity index (χ0) is 27.6. The van der Waals surface area contributed by atoms with Gasteiger partial charge in [-0.05, 0) is 62.2 Å². The number of ether oxygens (including phenoxy) is 2. The second kappa shape index (κ2) is 11.0. The summed E-state index contributed by atoms with van der Waals surface area (Å²) in [6.07, 6.45) is 1.42. The van der Waals surface area contributed by atoms with Crippen LogP contribution in [0.15, 0.2) is 60.7 Å². The second-order valence-electron chi connectivity index (χ2n) is 8.43. The van der Waals surface area contributed by atoms with E-state index in [0.717, 1.165) is 21.8 Å². The van der Waals surface area contributed by atoms with Gasteiger partial charge in [-0.3, -0.25) is 14.5 Å². The highest BCUT2D eigenvalue weighted by Gasteiger charge is 2.48. The van der Waals surface area contributed by atoms with Gasteiger partial charge in [-0.15, -0.1) is 0 Å². The molecule has 1 amide bonds. The van der Waals surface area contributed by atoms with Crippen LogP contribution in [-0.2, 0) is 14.3 Å². The number of amides is 1. The van der Waals surface area contributed by atoms with Gasteiger partial charge in [-0.25, -0.2) is 14.2 Å². The number of hydrogen-bond acceptors (Lipinski definition) is 8. The summed E-state index contributed by atoms with van der Waals surface area (Å²) in [5.41, 5.74) is 1.52. The number of rotatable bonds is 8. The molecular formula is C28H25FN2O6S. The first-order valence-electron chi connectivity index (χ1n) is 11.7. The van der Waals surface area contributed by atoms with E-state index >= 15 is 0 Å². The van der Waals surface area contributed by atoms with Gasteiger partial charge < -0.3 is 14.6 Å². The van der Waals surface area contributed by atoms with Crippen LogP contribution in [0.5, 0.6) is 5.75 Å². The van der Waals surface area contributed by atoms with Gasteiger partial charge in [0.15, 0.2) is 5.13 Å². The lowest BCUT2D eigenvalue weighted by molar-refractivity contribution is -0.132. The van der Waals surface area contributed by atoms with Crippen molar-refractivity contribution in [3.05, 3.63) is 93.8 Å². The highest BCUT2D eigenvalue weighted by molar-refractivity contribution is 7.17. The second-order valence-corrected chi connectivity index (χ2v) is 9.41. The first-order chi connectivity index (χ1) is 18.2. The van der Waals surface area contributed by atoms with Crippen molar-refractivity contribution < 1.29 is 33.4 Å². The molecule has 0 spiro atoms. The maximum Gasteiger partial charge on any atom is 0.350 e. The largest absolute Gasteiger partial charge is 0.507 e. The average molecular weight is 537 g/mol. The fourth-order valence-corrected chi connectivity index (χ4v) is 5.12. The zero-order valence-electron chi connectivity index (χ0n) is 21.0. The highest BCUT2D eigenvalue weighted by Crippen LogP contribution is 2.44. The Morgan fingerprint density at radius 2 is 1.92 bits per heavy atom. The van der Waals surface area contributed by atoms with E-state index in [1.165, 1.54) is 30.3 Å². The minimum atomic E-state index is -1.12. The number of ketones is 1. The summed E-state index contributed by atoms with van der Waals surface area (Å²) in [6.45, 7) is 9.19. The molecule has 0 radical (unpaired) electrons. The quantitative estimate of drug-likeness (QED) is 0.138. The van der Waals surface area contributed by atoms with E-state index in [2.05, 4.69) is 11.6 Å². The molecule has 1 N–H and O–H groups in total. The molecule has 1 saturated heterocycles. The molecular weight excluding hydrogens is 511 g/mol. The number of benzene rings is 2. The molecule has 1 aromatic heterocycles. The molecule has 1 atom stereocenters. The Kier molecular flexibility index (Phi) is 7.72. The zero-order valence-corrected chi connectivity index (χ0v) is 21.8. The van der Waals surface area contributed by atoms with Crippen LogP contribution in [0.25, 0.3) is 5.76 Å². The summed E-state index contributed by atoms with van der Waals surface area (Å²) in [5, 5.41) is 11.4. The molecule has 1 aliphatic rings. The lowest BCUT2D eigenvalue weighted by atomic mass is 9.95. The minimum Gasteiger partial charge on any atom is -0.507 e. The molecule has 1 fully saturated rings. The normalized spacial score (nSPS) is 16.5. The van der Waals surface area contributed by atoms with Gasteiger partial charge in [-0.2, -0.15) is 0 Å². The van der Waals surface area contributed by atoms with Crippen LogP contribution in [0.3, 0.4) is 0 Å². The average Bonchev–Trinajstić information content (AvgIpc) is 3.40. The third kappa shape index (κ3) is 4.95. The van der Waals surface area contributed by atoms with Gasteiger partial charge in [0.1, 0.15) is 28.8 Å². The number of aliphatic hydroxyl groups excluding tert-OH is 1. The van der Waals surface area contributed by atoms with E-state index < -0.39 is 35.3 Å². The number of aliphatic hydroxyl groups is 1. The number of esters is 1. The maximum absolute atomic E-state index is 13.8. The standard InChI is InChI=1S/C28H25FN2O6S/c1-5-13-37-27(35)25-16(4)30-28(38-25)31-22(17-7-10-19(29)11-8-17)21(24(33)26(31)34)23(32)18-9-12-20(36-6-2)15(3)14-18/h5,7-12,14,22,32H,1,6,13H2,2-4H3/t22-/m0/s1. The third-order valence-electron chi connectivity index (χ3n) is 5.89. The predicted molar refractivity (Wildman–Crippen MR) is 141 cm³/mol. The molecule has 8 nitrogen and oxygen atoms in total. The predicted octanol–water partition coefficient (Wildman–Crippen LogP) is 5.27. The molecule has 0 saturated carbocycles. The van der Waals surface area contributed by atoms with Gasteiger partial charge >= 0.3 is 11.9 Å². The van der Waals surface area contributed by atoms with Crippen LogP contribution < -0.4 is 9.64 Å². The van der Waals surface area contributed by atoms with Gasteiger partial charge in [0.2, 0.25) is 0 Å². The molecule has 1 aliphatic heterocycles. The van der Waals surface area contributed by atoms with Gasteiger partial charge in [0.25, 0.3) is 5.78 Å². The third-order valence-corrected chi connectivity index (χ3v) is 7.02. The summed E-state index contributed by atoms with van der Waals surface area (Å²) in [7, 11) is 0. The Hall–Kier alpha value is -4.31. The fraction of sp³-hybridized carbons (Fsp3) is 0.214. The molecule has 2 heterocycles. The van der Waals surface area contributed by atoms with Crippen molar-refractivity contribution in [1.29, 1.82) is 0 Å². The molecule has 38 heavy (non-hydrogen) atoms. The van der Waals surface area contributed by atoms with Crippen molar-refractivity contribution in [2.45, 2.75) is 26.8 Å². The number of anilines is 1. The monoisotopic (exact) mass is 536 g/mol. The van der Waals surface area contributed by atoms with Crippen LogP contribution in [0.4, 0.5) is 9.52 Å². The number of nitrogens with zero attached hydrogens (tertiary/aromatic N) is 2. The van der Waals surface area contributed by atoms with E-state index in [-0.39, 0.29) is 22.2 Å². The van der Waals surface area contributed by atoms with Crippen molar-refractivity contribution in [3.8, 4) is 5.75 Å². The Bertz CT molecular complexity index is 1460. The van der Waals surface area contributed by atoms with Crippen LogP contribution in [0.2, 0.25) is 0 Å². The molecule has 10 heteroatoms. The minimum absolute atomic E-state index is 0.00684. The summed E-state index contributed by atoms with van der Waals surface area (Å²) >= 11 is 0.880. The van der Waals surface area contributed by atoms with E-state index in [1.807, 2.05) is 6.92 Å². The molecule has 0 bridgehead atoms. The van der Waals surface area contributed by atoms with E-state index in [0.29, 0.717) is 29.2 Å². The molecule has 4 rings (SSSR count). The van der Waals surface area contributed by atoms with Crippen LogP contribution in [0.1, 0.15) is 45.0 Å². The number of carbonyl (C=O) groups excluding carboxylic acids is 3. The first-order valence-corrected chi connectivity index (χ1v) is 12.5. The summed E-state index contributed by atoms with van der Waals surface area (Å²) < 4.78 is 24.4. The summed E-state index contributed by atoms with van der Waals surface area (Å²) in [6, 6.07) is 9.03. The van der Waals surface area contributed by atoms with Crippen LogP contribution >= 0.6 is 11.3 Å². The smallest absolute Gasteiger partial charge is 0.350 e. The van der Waals surface area contributed by atoms with Crippen molar-refractivity contribution in [1.82, 2.24) is 4.98 Å². The van der Waals surface area contributed by atoms with E-state index in [4.69, 9.17) is 9.47 Å². The van der Waals surface area contributed by atoms with Crippen molar-refractivity contribution >= 4 is 39.9 Å². The van der Waals surface area contributed by atoms with Crippen molar-refractivity contribution in [2.24, 2.45) is 0 Å². The molecule has 0 aliphatic carbocycles. The van der Waals surface area contributed by atoms with E-state index in [1.54, 1.807) is 32.0 Å². The van der Waals surface area contributed by atoms with Gasteiger partial charge in [0.05, 0.1) is 23.9 Å². The summed E-state index contributed by atoms with van der Waals surface area (Å²) in [5.74, 6) is -2.81. The number of thiazole rings is 1. The van der Waals surface area contributed by atoms with Gasteiger partial charge in [-0.1, -0.05) is 36.1 Å². The Labute approximate surface area is 222 Å². The van der Waals surface area contributed by atoms with Crippen molar-refractivity contribution in [3.63, 3.8) is 0 Å². The van der Waals surface area contributed by atoms with Crippen molar-refractivity contribution in [2.75, 3.05) is 18.1 Å². The SMILES string of the molecule is C=CCOC(=O)c1sc(N2C(=O)C(=O)C(=C(O)c3ccc(OCC)c(C)c3)[C@@H]2c2ccc(F)cc2)nc1C. The Morgan fingerprint density at radius 1 is 1.21 bits per heavy atom. The highest BCUT2D eigenvalue weighted by atomic mass is 32.1. The Morgan fingerprint density at radius 3 is 2.55 bits per heavy atom. The van der Waals surface area contributed by atoms with Gasteiger partial charge in [0, 0.05) is 5.56 Å². The number of aryl methyl sites for hydroxylation is 2. The lowest BCUT2D eigenvalue weighted by Gasteiger charge is -2.23. The fourth-order valence-electron chi connectivity index (χ4n) is 4.13. The van der Waals surface area contributed by atoms with Crippen LogP contribution in [-0.4, -0.2) is 41.0 Å².